The minimum atomic E-state index is -0.447. The molecule has 1 aliphatic heterocycles. The maximum atomic E-state index is 14.4. The van der Waals surface area contributed by atoms with E-state index in [4.69, 9.17) is 0 Å². The number of carbonyl (C=O) groups excluding carboxylic acids is 3. The van der Waals surface area contributed by atoms with E-state index in [0.717, 1.165) is 31.4 Å². The molecule has 4 atom stereocenters. The van der Waals surface area contributed by atoms with Crippen LogP contribution >= 0.6 is 0 Å². The van der Waals surface area contributed by atoms with E-state index in [2.05, 4.69) is 5.32 Å². The summed E-state index contributed by atoms with van der Waals surface area (Å²) in [7, 11) is 0. The number of quaternary nitrogens is 1. The van der Waals surface area contributed by atoms with Crippen LogP contribution in [0.1, 0.15) is 55.8 Å². The highest BCUT2D eigenvalue weighted by Crippen LogP contribution is 2.39. The molecule has 36 heavy (non-hydrogen) atoms. The highest BCUT2D eigenvalue weighted by molar-refractivity contribution is 6.01. The highest BCUT2D eigenvalue weighted by Gasteiger charge is 2.56. The first kappa shape index (κ1) is 24.2. The Balaban J connectivity index is 1.46. The second-order valence-electron chi connectivity index (χ2n) is 10.2. The fourth-order valence-corrected chi connectivity index (χ4v) is 6.17. The zero-order chi connectivity index (χ0) is 25.1. The second-order valence-corrected chi connectivity index (χ2v) is 10.2. The Bertz CT molecular complexity index is 1240. The molecule has 6 heteroatoms. The van der Waals surface area contributed by atoms with Crippen LogP contribution < -0.4 is 5.32 Å². The van der Waals surface area contributed by atoms with Gasteiger partial charge in [-0.15, -0.1) is 0 Å². The van der Waals surface area contributed by atoms with Gasteiger partial charge in [0.25, 0.3) is 0 Å². The van der Waals surface area contributed by atoms with Crippen molar-refractivity contribution in [3.8, 4) is 5.69 Å². The third kappa shape index (κ3) is 4.30. The van der Waals surface area contributed by atoms with E-state index >= 15 is 0 Å². The van der Waals surface area contributed by atoms with Crippen molar-refractivity contribution in [1.82, 2.24) is 4.57 Å². The van der Waals surface area contributed by atoms with Gasteiger partial charge in [-0.2, -0.15) is 4.48 Å². The second kappa shape index (κ2) is 10.2. The standard InChI is InChI=1S/C30H33N3O3/c1-22-12-11-21-33(22,30(36)31-26-17-7-8-18-27(26)32-19-9-10-20-32)29(35)25-16-6-5-15-24(25)28(34)23-13-3-2-4-14-23/h2-4,7-10,13-14,17-20,22,24-25H,5-6,11-12,15-16,21H2,1H3/p+1/t22-,24+,25-,33?/m1/s1. The van der Waals surface area contributed by atoms with Gasteiger partial charge in [-0.25, -0.2) is 9.59 Å². The Morgan fingerprint density at radius 1 is 0.806 bits per heavy atom. The number of likely N-dealkylation sites (tertiary alicyclic amines) is 1. The SMILES string of the molecule is C[C@@H]1CCC[N+]1(C(=O)Nc1ccccc1-n1cccc1)C(=O)[C@@H]1CCCC[C@@H]1C(=O)c1ccccc1. The summed E-state index contributed by atoms with van der Waals surface area (Å²) in [4.78, 5) is 41.9. The molecule has 186 valence electrons. The molecule has 0 spiro atoms. The number of ketones is 1. The Kier molecular flexibility index (Phi) is 6.88. The molecule has 2 aliphatic rings. The largest absolute Gasteiger partial charge is 0.428 e. The maximum Gasteiger partial charge on any atom is 0.428 e. The van der Waals surface area contributed by atoms with E-state index in [-0.39, 0.29) is 34.2 Å². The van der Waals surface area contributed by atoms with Gasteiger partial charge >= 0.3 is 11.9 Å². The normalized spacial score (nSPS) is 25.9. The molecule has 6 nitrogen and oxygen atoms in total. The van der Waals surface area contributed by atoms with Crippen LogP contribution in [-0.4, -0.2) is 39.4 Å². The molecule has 2 heterocycles. The van der Waals surface area contributed by atoms with Crippen LogP contribution in [-0.2, 0) is 4.79 Å². The average molecular weight is 485 g/mol. The third-order valence-electron chi connectivity index (χ3n) is 8.15. The molecule has 0 radical (unpaired) electrons. The fraction of sp³-hybridized carbons (Fsp3) is 0.367. The van der Waals surface area contributed by atoms with Gasteiger partial charge in [0.15, 0.2) is 5.78 Å². The van der Waals surface area contributed by atoms with E-state index in [1.54, 1.807) is 0 Å². The van der Waals surface area contributed by atoms with Crippen molar-refractivity contribution in [2.45, 2.75) is 51.5 Å². The molecule has 5 rings (SSSR count). The van der Waals surface area contributed by atoms with E-state index in [1.807, 2.05) is 90.6 Å². The summed E-state index contributed by atoms with van der Waals surface area (Å²) in [6.45, 7) is 2.47. The van der Waals surface area contributed by atoms with Crippen LogP contribution in [0, 0.1) is 11.8 Å². The summed E-state index contributed by atoms with van der Waals surface area (Å²) in [5, 5.41) is 3.11. The van der Waals surface area contributed by atoms with E-state index in [0.29, 0.717) is 30.6 Å². The van der Waals surface area contributed by atoms with E-state index in [9.17, 15) is 14.4 Å². The van der Waals surface area contributed by atoms with Crippen LogP contribution in [0.3, 0.4) is 0 Å². The number of rotatable bonds is 5. The number of imide groups is 1. The molecule has 3 aromatic rings. The average Bonchev–Trinajstić information content (AvgIpc) is 3.59. The van der Waals surface area contributed by atoms with Crippen molar-refractivity contribution in [1.29, 1.82) is 0 Å². The summed E-state index contributed by atoms with van der Waals surface area (Å²) in [6.07, 6.45) is 8.66. The first-order valence-electron chi connectivity index (χ1n) is 13.1. The number of Topliss-reactive ketones (excluding diaryl/α,β-unsaturated/α-hetero) is 1. The number of anilines is 1. The number of benzene rings is 2. The zero-order valence-corrected chi connectivity index (χ0v) is 20.8. The number of urea groups is 1. The van der Waals surface area contributed by atoms with Crippen molar-refractivity contribution in [3.05, 3.63) is 84.7 Å². The molecule has 2 fully saturated rings. The molecule has 1 saturated heterocycles. The first-order valence-corrected chi connectivity index (χ1v) is 13.1. The summed E-state index contributed by atoms with van der Waals surface area (Å²) in [5.74, 6) is -0.893. The molecule has 1 aromatic heterocycles. The number of hydrogen-bond acceptors (Lipinski definition) is 3. The van der Waals surface area contributed by atoms with Crippen molar-refractivity contribution in [2.24, 2.45) is 11.8 Å². The minimum absolute atomic E-state index is 0.0250. The van der Waals surface area contributed by atoms with Crippen molar-refractivity contribution in [3.63, 3.8) is 0 Å². The molecule has 1 saturated carbocycles. The van der Waals surface area contributed by atoms with E-state index in [1.165, 1.54) is 0 Å². The van der Waals surface area contributed by atoms with Gasteiger partial charge in [-0.3, -0.25) is 10.1 Å². The van der Waals surface area contributed by atoms with Crippen LogP contribution in [0.25, 0.3) is 5.69 Å². The van der Waals surface area contributed by atoms with Crippen molar-refractivity contribution < 1.29 is 18.9 Å². The Morgan fingerprint density at radius 3 is 2.17 bits per heavy atom. The predicted molar refractivity (Wildman–Crippen MR) is 140 cm³/mol. The number of amides is 3. The Labute approximate surface area is 212 Å². The molecule has 3 amide bonds. The van der Waals surface area contributed by atoms with Crippen LogP contribution in [0.4, 0.5) is 10.5 Å². The molecular weight excluding hydrogens is 450 g/mol. The summed E-state index contributed by atoms with van der Waals surface area (Å²) in [5.41, 5.74) is 2.17. The van der Waals surface area contributed by atoms with Crippen LogP contribution in [0.2, 0.25) is 0 Å². The zero-order valence-electron chi connectivity index (χ0n) is 20.8. The lowest BCUT2D eigenvalue weighted by molar-refractivity contribution is -0.784. The predicted octanol–water partition coefficient (Wildman–Crippen LogP) is 6.22. The van der Waals surface area contributed by atoms with Gasteiger partial charge in [0.05, 0.1) is 23.8 Å². The number of hydrogen-bond donors (Lipinski definition) is 1. The third-order valence-corrected chi connectivity index (χ3v) is 8.15. The van der Waals surface area contributed by atoms with Crippen LogP contribution in [0.5, 0.6) is 0 Å². The molecule has 1 unspecified atom stereocenters. The van der Waals surface area contributed by atoms with Crippen molar-refractivity contribution >= 4 is 23.4 Å². The summed E-state index contributed by atoms with van der Waals surface area (Å²) >= 11 is 0. The monoisotopic (exact) mass is 484 g/mol. The number of carbonyl (C=O) groups is 3. The lowest BCUT2D eigenvalue weighted by atomic mass is 9.74. The van der Waals surface area contributed by atoms with Crippen molar-refractivity contribution in [2.75, 3.05) is 11.9 Å². The van der Waals surface area contributed by atoms with Gasteiger partial charge in [0.2, 0.25) is 0 Å². The van der Waals surface area contributed by atoms with Gasteiger partial charge in [-0.1, -0.05) is 55.3 Å². The first-order chi connectivity index (χ1) is 17.5. The Hall–Kier alpha value is -3.51. The molecule has 1 N–H and O–H groups in total. The molecule has 2 aromatic carbocycles. The number of nitrogens with zero attached hydrogens (tertiary/aromatic N) is 2. The Morgan fingerprint density at radius 2 is 1.47 bits per heavy atom. The van der Waals surface area contributed by atoms with Gasteiger partial charge in [-0.05, 0) is 44.0 Å². The smallest absolute Gasteiger partial charge is 0.322 e. The number of para-hydroxylation sites is 2. The molecule has 0 bridgehead atoms. The summed E-state index contributed by atoms with van der Waals surface area (Å²) < 4.78 is 1.72. The van der Waals surface area contributed by atoms with Crippen LogP contribution in [0.15, 0.2) is 79.1 Å². The number of aromatic nitrogens is 1. The van der Waals surface area contributed by atoms with E-state index < -0.39 is 5.92 Å². The highest BCUT2D eigenvalue weighted by atomic mass is 16.2. The maximum absolute atomic E-state index is 14.4. The van der Waals surface area contributed by atoms with Gasteiger partial charge in [0, 0.05) is 36.7 Å². The molecule has 1 aliphatic carbocycles. The molecular formula is C30H34N3O3+. The number of nitrogens with one attached hydrogen (secondary N) is 1. The lowest BCUT2D eigenvalue weighted by Crippen LogP contribution is -2.63. The quantitative estimate of drug-likeness (QED) is 0.345. The van der Waals surface area contributed by atoms with Gasteiger partial charge < -0.3 is 4.57 Å². The summed E-state index contributed by atoms with van der Waals surface area (Å²) in [6, 6.07) is 20.4. The van der Waals surface area contributed by atoms with Gasteiger partial charge in [0.1, 0.15) is 6.04 Å². The fourth-order valence-electron chi connectivity index (χ4n) is 6.17. The minimum Gasteiger partial charge on any atom is -0.322 e. The topological polar surface area (TPSA) is 68.2 Å². The lowest BCUT2D eigenvalue weighted by Gasteiger charge is -2.38.